The summed E-state index contributed by atoms with van der Waals surface area (Å²) in [6, 6.07) is 0.768. The molecule has 0 radical (unpaired) electrons. The Hall–Kier alpha value is -1.40. The van der Waals surface area contributed by atoms with E-state index < -0.39 is 5.97 Å². The van der Waals surface area contributed by atoms with Crippen molar-refractivity contribution in [3.63, 3.8) is 0 Å². The Kier molecular flexibility index (Phi) is 4.49. The molecule has 2 aliphatic rings. The highest BCUT2D eigenvalue weighted by atomic mass is 16.4. The van der Waals surface area contributed by atoms with Crippen LogP contribution in [0.15, 0.2) is 0 Å². The van der Waals surface area contributed by atoms with Crippen LogP contribution in [0.3, 0.4) is 0 Å². The molecule has 1 aromatic rings. The van der Waals surface area contributed by atoms with Crippen molar-refractivity contribution >= 4 is 5.97 Å². The number of aromatic carboxylic acids is 1. The van der Waals surface area contributed by atoms with Gasteiger partial charge in [0.2, 0.25) is 0 Å². The van der Waals surface area contributed by atoms with Crippen LogP contribution in [0.25, 0.3) is 0 Å². The van der Waals surface area contributed by atoms with Crippen LogP contribution in [0.4, 0.5) is 0 Å². The van der Waals surface area contributed by atoms with Gasteiger partial charge in [0.15, 0.2) is 5.69 Å². The van der Waals surface area contributed by atoms with Gasteiger partial charge in [-0.2, -0.15) is 5.10 Å². The van der Waals surface area contributed by atoms with Crippen LogP contribution in [-0.4, -0.2) is 44.2 Å². The zero-order valence-electron chi connectivity index (χ0n) is 13.1. The molecule has 22 heavy (non-hydrogen) atoms. The molecule has 3 N–H and O–H groups in total. The number of nitrogens with one attached hydrogen (secondary N) is 1. The summed E-state index contributed by atoms with van der Waals surface area (Å²) in [5.74, 6) is -0.926. The van der Waals surface area contributed by atoms with E-state index in [0.29, 0.717) is 18.6 Å². The largest absolute Gasteiger partial charge is 0.476 e. The predicted molar refractivity (Wildman–Crippen MR) is 82.1 cm³/mol. The molecule has 1 atom stereocenters. The Morgan fingerprint density at radius 2 is 2.00 bits per heavy atom. The van der Waals surface area contributed by atoms with Crippen LogP contribution in [0.2, 0.25) is 0 Å². The van der Waals surface area contributed by atoms with Gasteiger partial charge in [-0.05, 0) is 51.9 Å². The number of aryl methyl sites for hydroxylation is 1. The smallest absolute Gasteiger partial charge is 0.356 e. The van der Waals surface area contributed by atoms with Crippen molar-refractivity contribution in [2.75, 3.05) is 0 Å². The van der Waals surface area contributed by atoms with Crippen molar-refractivity contribution < 1.29 is 15.0 Å². The van der Waals surface area contributed by atoms with Crippen molar-refractivity contribution in [3.8, 4) is 0 Å². The Morgan fingerprint density at radius 1 is 1.27 bits per heavy atom. The van der Waals surface area contributed by atoms with Gasteiger partial charge in [-0.1, -0.05) is 0 Å². The molecule has 0 bridgehead atoms. The van der Waals surface area contributed by atoms with Gasteiger partial charge in [0, 0.05) is 29.9 Å². The van der Waals surface area contributed by atoms with E-state index in [2.05, 4.69) is 10.4 Å². The summed E-state index contributed by atoms with van der Waals surface area (Å²) in [6.07, 6.45) is 6.25. The van der Waals surface area contributed by atoms with Crippen molar-refractivity contribution in [1.82, 2.24) is 15.1 Å². The molecule has 1 saturated carbocycles. The monoisotopic (exact) mass is 307 g/mol. The summed E-state index contributed by atoms with van der Waals surface area (Å²) in [7, 11) is 0. The molecule has 0 amide bonds. The maximum atomic E-state index is 11.4. The van der Waals surface area contributed by atoms with E-state index in [4.69, 9.17) is 0 Å². The van der Waals surface area contributed by atoms with Crippen molar-refractivity contribution in [1.29, 1.82) is 0 Å². The van der Waals surface area contributed by atoms with Gasteiger partial charge in [0.05, 0.1) is 6.10 Å². The first-order chi connectivity index (χ1) is 10.6. The number of rotatable bonds is 4. The molecule has 2 aliphatic carbocycles. The van der Waals surface area contributed by atoms with Crippen LogP contribution in [-0.2, 0) is 19.4 Å². The van der Waals surface area contributed by atoms with Crippen LogP contribution in [0.5, 0.6) is 0 Å². The van der Waals surface area contributed by atoms with Gasteiger partial charge in [-0.25, -0.2) is 4.79 Å². The summed E-state index contributed by atoms with van der Waals surface area (Å²) in [4.78, 5) is 11.4. The van der Waals surface area contributed by atoms with Crippen LogP contribution in [0.1, 0.15) is 60.8 Å². The van der Waals surface area contributed by atoms with E-state index in [1.54, 1.807) is 0 Å². The third kappa shape index (κ3) is 3.03. The third-order valence-electron chi connectivity index (χ3n) is 5.02. The Balaban J connectivity index is 1.70. The average molecular weight is 307 g/mol. The molecular formula is C16H25N3O3. The lowest BCUT2D eigenvalue weighted by molar-refractivity contribution is 0.0688. The number of carboxylic acid groups (broad SMARTS) is 1. The van der Waals surface area contributed by atoms with Gasteiger partial charge in [-0.3, -0.25) is 4.68 Å². The molecule has 1 unspecified atom stereocenters. The lowest BCUT2D eigenvalue weighted by Crippen LogP contribution is -2.44. The highest BCUT2D eigenvalue weighted by molar-refractivity contribution is 5.87. The lowest BCUT2D eigenvalue weighted by atomic mass is 9.88. The third-order valence-corrected chi connectivity index (χ3v) is 5.02. The SMILES string of the molecule is CCn1nc(C(=O)O)c2c1CCC(NC1CCC(O)CC1)C2. The number of aliphatic hydroxyl groups is 1. The lowest BCUT2D eigenvalue weighted by Gasteiger charge is -2.32. The summed E-state index contributed by atoms with van der Waals surface area (Å²) in [5, 5.41) is 26.9. The second-order valence-corrected chi connectivity index (χ2v) is 6.51. The molecule has 0 spiro atoms. The number of nitrogens with zero attached hydrogens (tertiary/aromatic N) is 2. The number of aliphatic hydroxyl groups excluding tert-OH is 1. The van der Waals surface area contributed by atoms with E-state index in [1.807, 2.05) is 11.6 Å². The summed E-state index contributed by atoms with van der Waals surface area (Å²) >= 11 is 0. The second-order valence-electron chi connectivity index (χ2n) is 6.51. The fourth-order valence-corrected chi connectivity index (χ4v) is 3.84. The highest BCUT2D eigenvalue weighted by Crippen LogP contribution is 2.27. The predicted octanol–water partition coefficient (Wildman–Crippen LogP) is 1.35. The maximum absolute atomic E-state index is 11.4. The first kappa shape index (κ1) is 15.5. The minimum atomic E-state index is -0.926. The number of carbonyl (C=O) groups is 1. The van der Waals surface area contributed by atoms with Crippen molar-refractivity contribution in [2.24, 2.45) is 0 Å². The van der Waals surface area contributed by atoms with Gasteiger partial charge < -0.3 is 15.5 Å². The van der Waals surface area contributed by atoms with Gasteiger partial charge in [0.1, 0.15) is 0 Å². The minimum Gasteiger partial charge on any atom is -0.476 e. The van der Waals surface area contributed by atoms with E-state index in [0.717, 1.165) is 56.2 Å². The minimum absolute atomic E-state index is 0.141. The van der Waals surface area contributed by atoms with Gasteiger partial charge in [0.25, 0.3) is 0 Å². The Morgan fingerprint density at radius 3 is 2.64 bits per heavy atom. The van der Waals surface area contributed by atoms with E-state index in [-0.39, 0.29) is 11.8 Å². The van der Waals surface area contributed by atoms with Gasteiger partial charge >= 0.3 is 5.97 Å². The zero-order chi connectivity index (χ0) is 15.7. The fourth-order valence-electron chi connectivity index (χ4n) is 3.84. The average Bonchev–Trinajstić information content (AvgIpc) is 2.88. The van der Waals surface area contributed by atoms with E-state index in [1.165, 1.54) is 0 Å². The zero-order valence-corrected chi connectivity index (χ0v) is 13.1. The molecule has 6 nitrogen and oxygen atoms in total. The maximum Gasteiger partial charge on any atom is 0.356 e. The Labute approximate surface area is 130 Å². The van der Waals surface area contributed by atoms with Crippen LogP contribution < -0.4 is 5.32 Å². The van der Waals surface area contributed by atoms with Crippen molar-refractivity contribution in [3.05, 3.63) is 17.0 Å². The number of hydrogen-bond acceptors (Lipinski definition) is 4. The van der Waals surface area contributed by atoms with Crippen LogP contribution >= 0.6 is 0 Å². The number of fused-ring (bicyclic) bond motifs is 1. The first-order valence-electron chi connectivity index (χ1n) is 8.34. The molecule has 6 heteroatoms. The summed E-state index contributed by atoms with van der Waals surface area (Å²) < 4.78 is 1.84. The highest BCUT2D eigenvalue weighted by Gasteiger charge is 2.30. The molecular weight excluding hydrogens is 282 g/mol. The molecule has 0 aliphatic heterocycles. The summed E-state index contributed by atoms with van der Waals surface area (Å²) in [6.45, 7) is 2.71. The topological polar surface area (TPSA) is 87.4 Å². The second kappa shape index (κ2) is 6.38. The molecule has 1 fully saturated rings. The molecule has 1 heterocycles. The molecule has 0 aromatic carbocycles. The summed E-state index contributed by atoms with van der Waals surface area (Å²) in [5.41, 5.74) is 2.23. The quantitative estimate of drug-likeness (QED) is 0.781. The fraction of sp³-hybridized carbons (Fsp3) is 0.750. The molecule has 1 aromatic heterocycles. The number of hydrogen-bond donors (Lipinski definition) is 3. The molecule has 3 rings (SSSR count). The van der Waals surface area contributed by atoms with E-state index >= 15 is 0 Å². The molecule has 122 valence electrons. The number of aromatic nitrogens is 2. The Bertz CT molecular complexity index is 547. The van der Waals surface area contributed by atoms with E-state index in [9.17, 15) is 15.0 Å². The number of carboxylic acids is 1. The van der Waals surface area contributed by atoms with Gasteiger partial charge in [-0.15, -0.1) is 0 Å². The first-order valence-corrected chi connectivity index (χ1v) is 8.34. The normalized spacial score (nSPS) is 28.4. The molecule has 0 saturated heterocycles. The standard InChI is InChI=1S/C16H25N3O3/c1-2-19-14-8-5-11(9-13(14)15(18-19)16(21)22)17-10-3-6-12(20)7-4-10/h10-12,17,20H,2-9H2,1H3,(H,21,22). The van der Waals surface area contributed by atoms with Crippen molar-refractivity contribution in [2.45, 2.75) is 76.6 Å². The van der Waals surface area contributed by atoms with Crippen LogP contribution in [0, 0.1) is 0 Å².